The lowest BCUT2D eigenvalue weighted by Crippen LogP contribution is -2.39. The number of carbonyl (C=O) groups excluding carboxylic acids is 1. The zero-order valence-corrected chi connectivity index (χ0v) is 12.1. The van der Waals surface area contributed by atoms with Gasteiger partial charge in [-0.25, -0.2) is 0 Å². The van der Waals surface area contributed by atoms with Gasteiger partial charge < -0.3 is 10.4 Å². The number of aliphatic carboxylic acids is 1. The van der Waals surface area contributed by atoms with E-state index in [1.165, 1.54) is 0 Å². The van der Waals surface area contributed by atoms with Gasteiger partial charge in [0.15, 0.2) is 0 Å². The van der Waals surface area contributed by atoms with E-state index in [9.17, 15) is 13.8 Å². The molecule has 0 aliphatic carbocycles. The Bertz CT molecular complexity index is 306. The summed E-state index contributed by atoms with van der Waals surface area (Å²) in [7, 11) is -1.46. The summed E-state index contributed by atoms with van der Waals surface area (Å²) >= 11 is 0. The Morgan fingerprint density at radius 2 is 1.89 bits per heavy atom. The van der Waals surface area contributed by atoms with Crippen LogP contribution in [0.1, 0.15) is 46.5 Å². The van der Waals surface area contributed by atoms with E-state index < -0.39 is 27.3 Å². The molecule has 106 valence electrons. The lowest BCUT2D eigenvalue weighted by atomic mass is 10.2. The van der Waals surface area contributed by atoms with Crippen LogP contribution >= 0.6 is 0 Å². The molecule has 3 atom stereocenters. The molecule has 0 saturated heterocycles. The monoisotopic (exact) mass is 277 g/mol. The molecular weight excluding hydrogens is 254 g/mol. The number of rotatable bonds is 9. The molecular formula is C12H23NO4S. The molecule has 0 aliphatic heterocycles. The molecule has 5 nitrogen and oxygen atoms in total. The summed E-state index contributed by atoms with van der Waals surface area (Å²) in [6.07, 6.45) is 2.85. The molecule has 0 aliphatic rings. The lowest BCUT2D eigenvalue weighted by Gasteiger charge is -2.15. The summed E-state index contributed by atoms with van der Waals surface area (Å²) in [6.45, 7) is 5.82. The van der Waals surface area contributed by atoms with Gasteiger partial charge in [0, 0.05) is 22.6 Å². The first-order chi connectivity index (χ1) is 8.40. The van der Waals surface area contributed by atoms with E-state index in [-0.39, 0.29) is 12.3 Å². The van der Waals surface area contributed by atoms with Crippen molar-refractivity contribution in [2.24, 2.45) is 0 Å². The van der Waals surface area contributed by atoms with E-state index in [1.54, 1.807) is 13.8 Å². The van der Waals surface area contributed by atoms with Crippen molar-refractivity contribution in [1.29, 1.82) is 0 Å². The summed E-state index contributed by atoms with van der Waals surface area (Å²) in [5.74, 6) is -1.26. The van der Waals surface area contributed by atoms with Crippen molar-refractivity contribution in [3.63, 3.8) is 0 Å². The Kier molecular flexibility index (Phi) is 8.62. The van der Waals surface area contributed by atoms with Crippen LogP contribution in [0.3, 0.4) is 0 Å². The first-order valence-electron chi connectivity index (χ1n) is 6.29. The third-order valence-electron chi connectivity index (χ3n) is 2.66. The van der Waals surface area contributed by atoms with Gasteiger partial charge >= 0.3 is 5.97 Å². The van der Waals surface area contributed by atoms with E-state index >= 15 is 0 Å². The van der Waals surface area contributed by atoms with E-state index in [1.807, 2.05) is 0 Å². The van der Waals surface area contributed by atoms with Gasteiger partial charge in [0.2, 0.25) is 5.91 Å². The number of amides is 1. The second kappa shape index (κ2) is 9.08. The highest BCUT2D eigenvalue weighted by molar-refractivity contribution is 7.87. The predicted molar refractivity (Wildman–Crippen MR) is 71.9 cm³/mol. The molecule has 0 fully saturated rings. The van der Waals surface area contributed by atoms with Crippen molar-refractivity contribution in [2.45, 2.75) is 57.0 Å². The number of carbonyl (C=O) groups is 2. The molecule has 0 spiro atoms. The van der Waals surface area contributed by atoms with Crippen LogP contribution in [-0.2, 0) is 20.4 Å². The number of hydrogen-bond donors (Lipinski definition) is 2. The molecule has 0 rings (SSSR count). The highest BCUT2D eigenvalue weighted by atomic mass is 32.2. The van der Waals surface area contributed by atoms with Crippen LogP contribution in [0.15, 0.2) is 0 Å². The number of carboxylic acids is 1. The minimum absolute atomic E-state index is 0.180. The zero-order chi connectivity index (χ0) is 14.1. The van der Waals surface area contributed by atoms with Gasteiger partial charge in [-0.2, -0.15) is 0 Å². The Labute approximate surface area is 111 Å². The number of nitrogens with one attached hydrogen (secondary N) is 1. The van der Waals surface area contributed by atoms with Crippen molar-refractivity contribution in [3.8, 4) is 0 Å². The molecule has 0 bridgehead atoms. The van der Waals surface area contributed by atoms with Crippen molar-refractivity contribution in [3.05, 3.63) is 0 Å². The molecule has 3 unspecified atom stereocenters. The van der Waals surface area contributed by atoms with E-state index in [4.69, 9.17) is 5.11 Å². The van der Waals surface area contributed by atoms with Crippen LogP contribution in [-0.4, -0.2) is 38.2 Å². The fourth-order valence-electron chi connectivity index (χ4n) is 1.51. The number of unbranched alkanes of at least 4 members (excludes halogenated alkanes) is 2. The minimum atomic E-state index is -1.46. The van der Waals surface area contributed by atoms with E-state index in [0.717, 1.165) is 19.3 Å². The second-order valence-corrected chi connectivity index (χ2v) is 6.55. The summed E-state index contributed by atoms with van der Waals surface area (Å²) in [5.41, 5.74) is 0. The van der Waals surface area contributed by atoms with Crippen molar-refractivity contribution >= 4 is 22.7 Å². The van der Waals surface area contributed by atoms with Gasteiger partial charge in [-0.1, -0.05) is 26.7 Å². The normalized spacial score (nSPS) is 15.7. The molecule has 1 amide bonds. The van der Waals surface area contributed by atoms with Crippen molar-refractivity contribution in [1.82, 2.24) is 5.32 Å². The van der Waals surface area contributed by atoms with Gasteiger partial charge in [0.25, 0.3) is 0 Å². The molecule has 0 saturated carbocycles. The predicted octanol–water partition coefficient (Wildman–Crippen LogP) is 1.29. The first-order valence-corrected chi connectivity index (χ1v) is 7.56. The number of carboxylic acid groups (broad SMARTS) is 1. The Balaban J connectivity index is 4.11. The molecule has 0 aromatic rings. The van der Waals surface area contributed by atoms with Crippen LogP contribution in [0, 0.1) is 0 Å². The maximum absolute atomic E-state index is 11.9. The summed E-state index contributed by atoms with van der Waals surface area (Å²) < 4.78 is 11.9. The fraction of sp³-hybridized carbons (Fsp3) is 0.833. The van der Waals surface area contributed by atoms with Crippen LogP contribution in [0.2, 0.25) is 0 Å². The van der Waals surface area contributed by atoms with E-state index in [2.05, 4.69) is 12.2 Å². The van der Waals surface area contributed by atoms with Crippen molar-refractivity contribution < 1.29 is 18.9 Å². The average Bonchev–Trinajstić information content (AvgIpc) is 2.31. The molecule has 18 heavy (non-hydrogen) atoms. The molecule has 0 heterocycles. The summed E-state index contributed by atoms with van der Waals surface area (Å²) in [4.78, 5) is 22.2. The van der Waals surface area contributed by atoms with Gasteiger partial charge in [0.05, 0.1) is 6.42 Å². The zero-order valence-electron chi connectivity index (χ0n) is 11.3. The Hall–Kier alpha value is -0.910. The molecule has 0 aromatic carbocycles. The van der Waals surface area contributed by atoms with Gasteiger partial charge in [0.1, 0.15) is 5.25 Å². The maximum atomic E-state index is 11.9. The highest BCUT2D eigenvalue weighted by Gasteiger charge is 2.25. The Morgan fingerprint density at radius 3 is 2.39 bits per heavy atom. The third-order valence-corrected chi connectivity index (χ3v) is 4.53. The van der Waals surface area contributed by atoms with E-state index in [0.29, 0.717) is 6.54 Å². The molecule has 6 heteroatoms. The minimum Gasteiger partial charge on any atom is -0.481 e. The van der Waals surface area contributed by atoms with Crippen LogP contribution in [0.4, 0.5) is 0 Å². The second-order valence-electron chi connectivity index (χ2n) is 4.38. The summed E-state index contributed by atoms with van der Waals surface area (Å²) in [6, 6.07) is 0. The van der Waals surface area contributed by atoms with Crippen molar-refractivity contribution in [2.75, 3.05) is 6.54 Å². The standard InChI is InChI=1S/C12H23NO4S/c1-4-5-6-7-13-12(16)10(3)18(17)9(2)8-11(14)15/h9-10H,4-8H2,1-3H3,(H,13,16)(H,14,15). The first kappa shape index (κ1) is 17.1. The van der Waals surface area contributed by atoms with Crippen LogP contribution < -0.4 is 5.32 Å². The van der Waals surface area contributed by atoms with Gasteiger partial charge in [-0.15, -0.1) is 0 Å². The largest absolute Gasteiger partial charge is 0.481 e. The fourth-order valence-corrected chi connectivity index (χ4v) is 2.81. The topological polar surface area (TPSA) is 83.5 Å². The van der Waals surface area contributed by atoms with Crippen LogP contribution in [0.5, 0.6) is 0 Å². The third kappa shape index (κ3) is 6.74. The highest BCUT2D eigenvalue weighted by Crippen LogP contribution is 2.08. The quantitative estimate of drug-likeness (QED) is 0.622. The average molecular weight is 277 g/mol. The van der Waals surface area contributed by atoms with Crippen LogP contribution in [0.25, 0.3) is 0 Å². The lowest BCUT2D eigenvalue weighted by molar-refractivity contribution is -0.137. The summed E-state index contributed by atoms with van der Waals surface area (Å²) in [5, 5.41) is 10.2. The molecule has 2 N–H and O–H groups in total. The van der Waals surface area contributed by atoms with Gasteiger partial charge in [-0.3, -0.25) is 13.8 Å². The maximum Gasteiger partial charge on any atom is 0.304 e. The Morgan fingerprint density at radius 1 is 1.28 bits per heavy atom. The molecule has 0 radical (unpaired) electrons. The van der Waals surface area contributed by atoms with Gasteiger partial charge in [-0.05, 0) is 13.3 Å². The number of hydrogen-bond acceptors (Lipinski definition) is 3. The smallest absolute Gasteiger partial charge is 0.304 e. The SMILES string of the molecule is CCCCCNC(=O)C(C)S(=O)C(C)CC(=O)O. The molecule has 0 aromatic heterocycles.